The van der Waals surface area contributed by atoms with Gasteiger partial charge in [-0.3, -0.25) is 4.79 Å². The third kappa shape index (κ3) is 5.69. The number of carbonyl (C=O) groups excluding carboxylic acids is 1. The van der Waals surface area contributed by atoms with Crippen molar-refractivity contribution in [3.8, 4) is 5.75 Å². The lowest BCUT2D eigenvalue weighted by atomic mass is 10.2. The number of hydrogen-bond donors (Lipinski definition) is 1. The fourth-order valence-corrected chi connectivity index (χ4v) is 5.10. The molecule has 1 saturated heterocycles. The van der Waals surface area contributed by atoms with Crippen LogP contribution in [0.4, 0.5) is 13.2 Å². The minimum Gasteiger partial charge on any atom is -0.492 e. The van der Waals surface area contributed by atoms with E-state index in [4.69, 9.17) is 16.3 Å². The SMILES string of the molecule is O=C(NCCOc1ccc(C(F)(F)F)cc1)c1ccc(Cl)c(S(=O)(=O)N2CCCC2)c1. The molecule has 31 heavy (non-hydrogen) atoms. The minimum absolute atomic E-state index is 0.0175. The summed E-state index contributed by atoms with van der Waals surface area (Å²) in [4.78, 5) is 12.3. The second-order valence-electron chi connectivity index (χ2n) is 6.88. The van der Waals surface area contributed by atoms with Gasteiger partial charge in [0.15, 0.2) is 0 Å². The average Bonchev–Trinajstić information content (AvgIpc) is 3.27. The van der Waals surface area contributed by atoms with Crippen LogP contribution in [0.25, 0.3) is 0 Å². The number of carbonyl (C=O) groups is 1. The number of ether oxygens (including phenoxy) is 1. The van der Waals surface area contributed by atoms with E-state index < -0.39 is 27.7 Å². The molecule has 1 aliphatic heterocycles. The van der Waals surface area contributed by atoms with Crippen LogP contribution in [0.2, 0.25) is 5.02 Å². The Hall–Kier alpha value is -2.30. The van der Waals surface area contributed by atoms with Crippen molar-refractivity contribution in [1.29, 1.82) is 0 Å². The van der Waals surface area contributed by atoms with E-state index in [9.17, 15) is 26.4 Å². The molecule has 1 heterocycles. The topological polar surface area (TPSA) is 75.7 Å². The molecule has 0 spiro atoms. The smallest absolute Gasteiger partial charge is 0.416 e. The van der Waals surface area contributed by atoms with Crippen molar-refractivity contribution in [2.75, 3.05) is 26.2 Å². The second-order valence-corrected chi connectivity index (χ2v) is 9.20. The van der Waals surface area contributed by atoms with Gasteiger partial charge < -0.3 is 10.1 Å². The van der Waals surface area contributed by atoms with Crippen molar-refractivity contribution in [3.63, 3.8) is 0 Å². The molecule has 2 aromatic carbocycles. The summed E-state index contributed by atoms with van der Waals surface area (Å²) in [6.07, 6.45) is -2.88. The molecule has 1 N–H and O–H groups in total. The fraction of sp³-hybridized carbons (Fsp3) is 0.350. The Balaban J connectivity index is 1.57. The number of nitrogens with zero attached hydrogens (tertiary/aromatic N) is 1. The first kappa shape index (κ1) is 23.4. The van der Waals surface area contributed by atoms with Gasteiger partial charge in [0.05, 0.1) is 17.1 Å². The maximum absolute atomic E-state index is 12.8. The van der Waals surface area contributed by atoms with Gasteiger partial charge in [0.1, 0.15) is 17.3 Å². The highest BCUT2D eigenvalue weighted by atomic mass is 35.5. The number of rotatable bonds is 7. The molecule has 6 nitrogen and oxygen atoms in total. The molecule has 11 heteroatoms. The Morgan fingerprint density at radius 3 is 2.35 bits per heavy atom. The van der Waals surface area contributed by atoms with Crippen LogP contribution in [-0.4, -0.2) is 44.9 Å². The van der Waals surface area contributed by atoms with E-state index in [1.807, 2.05) is 0 Å². The van der Waals surface area contributed by atoms with E-state index in [-0.39, 0.29) is 34.4 Å². The molecule has 168 valence electrons. The molecule has 1 amide bonds. The summed E-state index contributed by atoms with van der Waals surface area (Å²) in [5.74, 6) is -0.293. The van der Waals surface area contributed by atoms with Crippen LogP contribution in [0.5, 0.6) is 5.75 Å². The van der Waals surface area contributed by atoms with E-state index in [0.717, 1.165) is 25.0 Å². The van der Waals surface area contributed by atoms with Gasteiger partial charge in [0.25, 0.3) is 5.91 Å². The number of amides is 1. The van der Waals surface area contributed by atoms with E-state index in [1.165, 1.54) is 34.6 Å². The van der Waals surface area contributed by atoms with Gasteiger partial charge in [-0.1, -0.05) is 11.6 Å². The molecule has 0 radical (unpaired) electrons. The lowest BCUT2D eigenvalue weighted by Crippen LogP contribution is -2.30. The van der Waals surface area contributed by atoms with Crippen molar-refractivity contribution in [2.45, 2.75) is 23.9 Å². The first-order chi connectivity index (χ1) is 14.6. The lowest BCUT2D eigenvalue weighted by Gasteiger charge is -2.17. The van der Waals surface area contributed by atoms with Gasteiger partial charge in [-0.2, -0.15) is 17.5 Å². The molecule has 0 bridgehead atoms. The summed E-state index contributed by atoms with van der Waals surface area (Å²) in [6, 6.07) is 8.21. The van der Waals surface area contributed by atoms with E-state index in [2.05, 4.69) is 5.32 Å². The van der Waals surface area contributed by atoms with E-state index >= 15 is 0 Å². The maximum atomic E-state index is 12.8. The molecule has 0 atom stereocenters. The van der Waals surface area contributed by atoms with Gasteiger partial charge in [-0.15, -0.1) is 0 Å². The van der Waals surface area contributed by atoms with Crippen LogP contribution in [-0.2, 0) is 16.2 Å². The van der Waals surface area contributed by atoms with Crippen LogP contribution < -0.4 is 10.1 Å². The Bertz CT molecular complexity index is 1040. The minimum atomic E-state index is -4.42. The van der Waals surface area contributed by atoms with E-state index in [1.54, 1.807) is 0 Å². The number of halogens is 4. The van der Waals surface area contributed by atoms with Crippen LogP contribution in [0.1, 0.15) is 28.8 Å². The molecular weight excluding hydrogens is 457 g/mol. The predicted octanol–water partition coefficient (Wildman–Crippen LogP) is 3.95. The highest BCUT2D eigenvalue weighted by Gasteiger charge is 2.30. The zero-order chi connectivity index (χ0) is 22.6. The highest BCUT2D eigenvalue weighted by molar-refractivity contribution is 7.89. The van der Waals surface area contributed by atoms with E-state index in [0.29, 0.717) is 13.1 Å². The first-order valence-electron chi connectivity index (χ1n) is 9.47. The number of benzene rings is 2. The summed E-state index contributed by atoms with van der Waals surface area (Å²) in [7, 11) is -3.78. The Labute approximate surface area is 183 Å². The fourth-order valence-electron chi connectivity index (χ4n) is 3.09. The first-order valence-corrected chi connectivity index (χ1v) is 11.3. The van der Waals surface area contributed by atoms with Gasteiger partial charge in [0, 0.05) is 18.7 Å². The van der Waals surface area contributed by atoms with Gasteiger partial charge in [0.2, 0.25) is 10.0 Å². The monoisotopic (exact) mass is 476 g/mol. The summed E-state index contributed by atoms with van der Waals surface area (Å²) in [5.41, 5.74) is -0.660. The van der Waals surface area contributed by atoms with Gasteiger partial charge in [-0.25, -0.2) is 8.42 Å². The third-order valence-corrected chi connectivity index (χ3v) is 7.09. The van der Waals surface area contributed by atoms with Crippen LogP contribution in [0.15, 0.2) is 47.4 Å². The quantitative estimate of drug-likeness (QED) is 0.614. The normalized spacial score (nSPS) is 15.1. The summed E-state index contributed by atoms with van der Waals surface area (Å²) in [5, 5.41) is 2.61. The summed E-state index contributed by atoms with van der Waals surface area (Å²) in [6.45, 7) is 0.910. The third-order valence-electron chi connectivity index (χ3n) is 4.71. The maximum Gasteiger partial charge on any atom is 0.416 e. The summed E-state index contributed by atoms with van der Waals surface area (Å²) >= 11 is 6.07. The van der Waals surface area contributed by atoms with Crippen molar-refractivity contribution in [2.24, 2.45) is 0 Å². The zero-order valence-electron chi connectivity index (χ0n) is 16.3. The van der Waals surface area contributed by atoms with Crippen molar-refractivity contribution < 1.29 is 31.1 Å². The Kier molecular flexibility index (Phi) is 7.13. The van der Waals surface area contributed by atoms with Crippen molar-refractivity contribution in [3.05, 3.63) is 58.6 Å². The molecular formula is C20H20ClF3N2O4S. The standard InChI is InChI=1S/C20H20ClF3N2O4S/c21-17-8-3-14(13-18(17)31(28,29)26-10-1-2-11-26)19(27)25-9-12-30-16-6-4-15(5-7-16)20(22,23)24/h3-8,13H,1-2,9-12H2,(H,25,27). The molecule has 1 aliphatic rings. The molecule has 0 unspecified atom stereocenters. The highest BCUT2D eigenvalue weighted by Crippen LogP contribution is 2.30. The summed E-state index contributed by atoms with van der Waals surface area (Å²) < 4.78 is 69.8. The van der Waals surface area contributed by atoms with Gasteiger partial charge in [-0.05, 0) is 55.3 Å². The molecule has 1 fully saturated rings. The molecule has 3 rings (SSSR count). The predicted molar refractivity (Wildman–Crippen MR) is 109 cm³/mol. The largest absolute Gasteiger partial charge is 0.492 e. The molecule has 0 aromatic heterocycles. The van der Waals surface area contributed by atoms with Crippen molar-refractivity contribution >= 4 is 27.5 Å². The number of hydrogen-bond acceptors (Lipinski definition) is 4. The number of sulfonamides is 1. The molecule has 0 saturated carbocycles. The Morgan fingerprint density at radius 2 is 1.74 bits per heavy atom. The average molecular weight is 477 g/mol. The van der Waals surface area contributed by atoms with Crippen molar-refractivity contribution in [1.82, 2.24) is 9.62 Å². The number of nitrogens with one attached hydrogen (secondary N) is 1. The molecule has 0 aliphatic carbocycles. The Morgan fingerprint density at radius 1 is 1.10 bits per heavy atom. The molecule has 2 aromatic rings. The van der Waals surface area contributed by atoms with Crippen LogP contribution in [0, 0.1) is 0 Å². The second kappa shape index (κ2) is 9.46. The zero-order valence-corrected chi connectivity index (χ0v) is 17.9. The van der Waals surface area contributed by atoms with Crippen LogP contribution in [0.3, 0.4) is 0 Å². The number of alkyl halides is 3. The van der Waals surface area contributed by atoms with Gasteiger partial charge >= 0.3 is 6.18 Å². The lowest BCUT2D eigenvalue weighted by molar-refractivity contribution is -0.137. The van der Waals surface area contributed by atoms with Crippen LogP contribution >= 0.6 is 11.6 Å².